The minimum Gasteiger partial charge on any atom is -0.507 e. The predicted molar refractivity (Wildman–Crippen MR) is 96.0 cm³/mol. The van der Waals surface area contributed by atoms with Crippen LogP contribution in [0.1, 0.15) is 42.0 Å². The lowest BCUT2D eigenvalue weighted by atomic mass is 9.96. The largest absolute Gasteiger partial charge is 0.507 e. The molecule has 0 heterocycles. The normalized spacial score (nSPS) is 12.0. The Morgan fingerprint density at radius 2 is 1.71 bits per heavy atom. The molecule has 0 bridgehead atoms. The Balaban J connectivity index is 2.26. The van der Waals surface area contributed by atoms with Crippen LogP contribution in [0, 0.1) is 13.8 Å². The second kappa shape index (κ2) is 7.05. The minimum atomic E-state index is -3.73. The molecule has 0 unspecified atom stereocenters. The molecule has 0 aliphatic carbocycles. The number of rotatable bonds is 5. The molecule has 0 spiro atoms. The van der Waals surface area contributed by atoms with Gasteiger partial charge < -0.3 is 5.11 Å². The first-order chi connectivity index (χ1) is 11.2. The lowest BCUT2D eigenvalue weighted by molar-refractivity contribution is 0.463. The first-order valence-electron chi connectivity index (χ1n) is 7.66. The van der Waals surface area contributed by atoms with E-state index in [-0.39, 0.29) is 16.6 Å². The number of phenolic OH excluding ortho intramolecular Hbond substituents is 1. The van der Waals surface area contributed by atoms with E-state index in [1.54, 1.807) is 12.1 Å². The highest BCUT2D eigenvalue weighted by Gasteiger charge is 2.14. The molecule has 0 radical (unpaired) electrons. The van der Waals surface area contributed by atoms with Crippen LogP contribution >= 0.6 is 0 Å². The average molecular weight is 346 g/mol. The van der Waals surface area contributed by atoms with E-state index in [0.717, 1.165) is 16.7 Å². The number of aromatic hydroxyl groups is 1. The summed E-state index contributed by atoms with van der Waals surface area (Å²) in [7, 11) is -3.73. The number of hydrogen-bond donors (Lipinski definition) is 2. The fourth-order valence-electron chi connectivity index (χ4n) is 2.29. The van der Waals surface area contributed by atoms with Gasteiger partial charge >= 0.3 is 0 Å². The second-order valence-electron chi connectivity index (χ2n) is 6.05. The molecule has 2 rings (SSSR count). The van der Waals surface area contributed by atoms with Crippen LogP contribution in [0.4, 0.5) is 0 Å². The topological polar surface area (TPSA) is 78.8 Å². The molecule has 2 N–H and O–H groups in total. The van der Waals surface area contributed by atoms with Gasteiger partial charge in [0.05, 0.1) is 11.1 Å². The Labute approximate surface area is 143 Å². The number of phenols is 1. The SMILES string of the molecule is Cc1ccc(S(=O)(=O)N/N=C/c2c(C)ccc(C(C)C)c2O)cc1. The van der Waals surface area contributed by atoms with Crippen molar-refractivity contribution in [3.63, 3.8) is 0 Å². The lowest BCUT2D eigenvalue weighted by Gasteiger charge is -2.12. The molecule has 0 aliphatic heterocycles. The highest BCUT2D eigenvalue weighted by molar-refractivity contribution is 7.89. The van der Waals surface area contributed by atoms with Crippen LogP contribution in [-0.4, -0.2) is 19.7 Å². The molecule has 128 valence electrons. The van der Waals surface area contributed by atoms with Gasteiger partial charge in [-0.2, -0.15) is 13.5 Å². The summed E-state index contributed by atoms with van der Waals surface area (Å²) in [6, 6.07) is 10.2. The summed E-state index contributed by atoms with van der Waals surface area (Å²) in [5.74, 6) is 0.283. The molecule has 0 aromatic heterocycles. The van der Waals surface area contributed by atoms with Gasteiger partial charge in [0.1, 0.15) is 5.75 Å². The smallest absolute Gasteiger partial charge is 0.276 e. The fraction of sp³-hybridized carbons (Fsp3) is 0.278. The van der Waals surface area contributed by atoms with Crippen LogP contribution in [-0.2, 0) is 10.0 Å². The summed E-state index contributed by atoms with van der Waals surface area (Å²) in [4.78, 5) is 2.32. The van der Waals surface area contributed by atoms with Gasteiger partial charge in [0.15, 0.2) is 0 Å². The van der Waals surface area contributed by atoms with E-state index < -0.39 is 10.0 Å². The molecule has 0 saturated heterocycles. The van der Waals surface area contributed by atoms with E-state index in [4.69, 9.17) is 0 Å². The molecule has 0 aliphatic rings. The first-order valence-corrected chi connectivity index (χ1v) is 9.14. The zero-order valence-corrected chi connectivity index (χ0v) is 15.1. The highest BCUT2D eigenvalue weighted by Crippen LogP contribution is 2.30. The van der Waals surface area contributed by atoms with Gasteiger partial charge in [-0.25, -0.2) is 4.83 Å². The van der Waals surface area contributed by atoms with Crippen molar-refractivity contribution < 1.29 is 13.5 Å². The molecule has 0 amide bonds. The van der Waals surface area contributed by atoms with Crippen molar-refractivity contribution in [3.8, 4) is 5.75 Å². The van der Waals surface area contributed by atoms with Gasteiger partial charge in [0.2, 0.25) is 0 Å². The van der Waals surface area contributed by atoms with Crippen LogP contribution in [0.25, 0.3) is 0 Å². The summed E-state index contributed by atoms with van der Waals surface area (Å²) in [6.07, 6.45) is 1.34. The Morgan fingerprint density at radius 3 is 2.29 bits per heavy atom. The van der Waals surface area contributed by atoms with Gasteiger partial charge in [-0.3, -0.25) is 0 Å². The molecule has 6 heteroatoms. The van der Waals surface area contributed by atoms with Crippen LogP contribution < -0.4 is 4.83 Å². The average Bonchev–Trinajstić information content (AvgIpc) is 2.50. The third-order valence-corrected chi connectivity index (χ3v) is 5.02. The lowest BCUT2D eigenvalue weighted by Crippen LogP contribution is -2.18. The van der Waals surface area contributed by atoms with E-state index in [1.807, 2.05) is 39.8 Å². The number of hydrazone groups is 1. The first kappa shape index (κ1) is 18.0. The molecule has 5 nitrogen and oxygen atoms in total. The fourth-order valence-corrected chi connectivity index (χ4v) is 3.08. The van der Waals surface area contributed by atoms with Crippen molar-refractivity contribution in [1.29, 1.82) is 0 Å². The van der Waals surface area contributed by atoms with E-state index in [0.29, 0.717) is 5.56 Å². The van der Waals surface area contributed by atoms with E-state index >= 15 is 0 Å². The predicted octanol–water partition coefficient (Wildman–Crippen LogP) is 3.44. The minimum absolute atomic E-state index is 0.128. The summed E-state index contributed by atoms with van der Waals surface area (Å²) < 4.78 is 24.4. The maximum absolute atomic E-state index is 12.2. The number of nitrogens with zero attached hydrogens (tertiary/aromatic N) is 1. The Morgan fingerprint density at radius 1 is 1.08 bits per heavy atom. The molecular weight excluding hydrogens is 324 g/mol. The standard InChI is InChI=1S/C18H22N2O3S/c1-12(2)16-10-7-14(4)17(18(16)21)11-19-20-24(22,23)15-8-5-13(3)6-9-15/h5-12,20-21H,1-4H3/b19-11+. The number of hydrogen-bond acceptors (Lipinski definition) is 4. The zero-order valence-electron chi connectivity index (χ0n) is 14.2. The Hall–Kier alpha value is -2.34. The number of benzene rings is 2. The third kappa shape index (κ3) is 3.94. The summed E-state index contributed by atoms with van der Waals surface area (Å²) >= 11 is 0. The Kier molecular flexibility index (Phi) is 5.29. The van der Waals surface area contributed by atoms with E-state index in [1.165, 1.54) is 18.3 Å². The summed E-state index contributed by atoms with van der Waals surface area (Å²) in [5, 5.41) is 14.2. The van der Waals surface area contributed by atoms with E-state index in [2.05, 4.69) is 9.93 Å². The van der Waals surface area contributed by atoms with Gasteiger partial charge in [-0.05, 0) is 43.0 Å². The monoisotopic (exact) mass is 346 g/mol. The van der Waals surface area contributed by atoms with Crippen LogP contribution in [0.3, 0.4) is 0 Å². The molecule has 0 atom stereocenters. The summed E-state index contributed by atoms with van der Waals surface area (Å²) in [6.45, 7) is 7.67. The number of nitrogens with one attached hydrogen (secondary N) is 1. The van der Waals surface area contributed by atoms with Crippen molar-refractivity contribution in [3.05, 3.63) is 58.7 Å². The van der Waals surface area contributed by atoms with Gasteiger partial charge in [-0.1, -0.05) is 43.7 Å². The van der Waals surface area contributed by atoms with Gasteiger partial charge in [-0.15, -0.1) is 0 Å². The van der Waals surface area contributed by atoms with Crippen molar-refractivity contribution in [2.24, 2.45) is 5.10 Å². The quantitative estimate of drug-likeness (QED) is 0.643. The maximum atomic E-state index is 12.2. The molecule has 0 saturated carbocycles. The zero-order chi connectivity index (χ0) is 17.9. The van der Waals surface area contributed by atoms with Crippen LogP contribution in [0.15, 0.2) is 46.4 Å². The molecule has 0 fully saturated rings. The van der Waals surface area contributed by atoms with Crippen molar-refractivity contribution in [2.75, 3.05) is 0 Å². The van der Waals surface area contributed by atoms with Crippen molar-refractivity contribution >= 4 is 16.2 Å². The summed E-state index contributed by atoms with van der Waals surface area (Å²) in [5.41, 5.74) is 3.09. The maximum Gasteiger partial charge on any atom is 0.276 e. The van der Waals surface area contributed by atoms with Crippen molar-refractivity contribution in [1.82, 2.24) is 4.83 Å². The molecule has 24 heavy (non-hydrogen) atoms. The Bertz CT molecular complexity index is 855. The second-order valence-corrected chi connectivity index (χ2v) is 7.72. The van der Waals surface area contributed by atoms with E-state index in [9.17, 15) is 13.5 Å². The molecule has 2 aromatic carbocycles. The van der Waals surface area contributed by atoms with Gasteiger partial charge in [0.25, 0.3) is 10.0 Å². The van der Waals surface area contributed by atoms with Crippen LogP contribution in [0.5, 0.6) is 5.75 Å². The van der Waals surface area contributed by atoms with Crippen molar-refractivity contribution in [2.45, 2.75) is 38.5 Å². The van der Waals surface area contributed by atoms with Crippen LogP contribution in [0.2, 0.25) is 0 Å². The number of aryl methyl sites for hydroxylation is 2. The molecular formula is C18H22N2O3S. The molecule has 2 aromatic rings. The third-order valence-electron chi connectivity index (χ3n) is 3.79. The highest BCUT2D eigenvalue weighted by atomic mass is 32.2. The number of sulfonamides is 1. The van der Waals surface area contributed by atoms with Gasteiger partial charge in [0, 0.05) is 5.56 Å².